The minimum absolute atomic E-state index is 0.0306. The molecule has 3 nitrogen and oxygen atoms in total. The minimum atomic E-state index is -0.0306. The van der Waals surface area contributed by atoms with Crippen LogP contribution in [0.25, 0.3) is 0 Å². The van der Waals surface area contributed by atoms with E-state index in [9.17, 15) is 4.79 Å². The Morgan fingerprint density at radius 1 is 1.36 bits per heavy atom. The van der Waals surface area contributed by atoms with Crippen LogP contribution in [0.2, 0.25) is 0 Å². The Labute approximate surface area is 143 Å². The number of carbonyl (C=O) groups is 1. The van der Waals surface area contributed by atoms with Gasteiger partial charge in [0.1, 0.15) is 6.10 Å². The van der Waals surface area contributed by atoms with Crippen LogP contribution < -0.4 is 0 Å². The van der Waals surface area contributed by atoms with Crippen LogP contribution in [-0.2, 0) is 16.0 Å². The molecule has 0 spiro atoms. The van der Waals surface area contributed by atoms with Gasteiger partial charge in [0.25, 0.3) is 0 Å². The maximum Gasteiger partial charge on any atom is 0.223 e. The standard InChI is InChI=1S/C17H18BrNO2S/c18-14-4-1-3-13(11-14)16-12-19(8-9-21-16)17(20)7-6-15-5-2-10-22-15/h1-5,10-11,16H,6-9,12H2. The van der Waals surface area contributed by atoms with E-state index in [0.717, 1.165) is 16.5 Å². The zero-order valence-electron chi connectivity index (χ0n) is 12.2. The first kappa shape index (κ1) is 15.7. The Kier molecular flexibility index (Phi) is 5.28. The van der Waals surface area contributed by atoms with Gasteiger partial charge in [0.2, 0.25) is 5.91 Å². The van der Waals surface area contributed by atoms with E-state index in [-0.39, 0.29) is 12.0 Å². The average Bonchev–Trinajstić information content (AvgIpc) is 3.06. The van der Waals surface area contributed by atoms with Crippen LogP contribution in [0.3, 0.4) is 0 Å². The Bertz CT molecular complexity index is 629. The number of ether oxygens (including phenoxy) is 1. The fourth-order valence-electron chi connectivity index (χ4n) is 2.63. The molecular formula is C17H18BrNO2S. The molecule has 3 rings (SSSR count). The number of aryl methyl sites for hydroxylation is 1. The lowest BCUT2D eigenvalue weighted by Gasteiger charge is -2.33. The minimum Gasteiger partial charge on any atom is -0.370 e. The van der Waals surface area contributed by atoms with E-state index in [1.54, 1.807) is 11.3 Å². The third-order valence-corrected chi connectivity index (χ3v) is 5.23. The van der Waals surface area contributed by atoms with Crippen molar-refractivity contribution in [3.63, 3.8) is 0 Å². The highest BCUT2D eigenvalue weighted by Gasteiger charge is 2.25. The summed E-state index contributed by atoms with van der Waals surface area (Å²) in [6, 6.07) is 12.2. The van der Waals surface area contributed by atoms with Crippen molar-refractivity contribution in [3.8, 4) is 0 Å². The van der Waals surface area contributed by atoms with E-state index < -0.39 is 0 Å². The summed E-state index contributed by atoms with van der Waals surface area (Å²) in [6.45, 7) is 1.93. The first-order chi connectivity index (χ1) is 10.7. The topological polar surface area (TPSA) is 29.5 Å². The summed E-state index contributed by atoms with van der Waals surface area (Å²) in [5.41, 5.74) is 1.12. The van der Waals surface area contributed by atoms with Gasteiger partial charge in [-0.1, -0.05) is 34.1 Å². The molecule has 1 fully saturated rings. The monoisotopic (exact) mass is 379 g/mol. The summed E-state index contributed by atoms with van der Waals surface area (Å²) in [7, 11) is 0. The molecular weight excluding hydrogens is 362 g/mol. The molecule has 2 heterocycles. The molecule has 5 heteroatoms. The van der Waals surface area contributed by atoms with E-state index in [2.05, 4.69) is 39.5 Å². The van der Waals surface area contributed by atoms with E-state index in [4.69, 9.17) is 4.74 Å². The number of carbonyl (C=O) groups excluding carboxylic acids is 1. The fraction of sp³-hybridized carbons (Fsp3) is 0.353. The van der Waals surface area contributed by atoms with Crippen molar-refractivity contribution in [3.05, 3.63) is 56.7 Å². The van der Waals surface area contributed by atoms with Gasteiger partial charge in [0.15, 0.2) is 0 Å². The molecule has 22 heavy (non-hydrogen) atoms. The van der Waals surface area contributed by atoms with Crippen molar-refractivity contribution >= 4 is 33.2 Å². The fourth-order valence-corrected chi connectivity index (χ4v) is 3.75. The Balaban J connectivity index is 1.59. The normalized spacial score (nSPS) is 18.4. The van der Waals surface area contributed by atoms with Gasteiger partial charge in [-0.25, -0.2) is 0 Å². The van der Waals surface area contributed by atoms with Crippen LogP contribution in [-0.4, -0.2) is 30.5 Å². The number of benzene rings is 1. The highest BCUT2D eigenvalue weighted by Crippen LogP contribution is 2.25. The van der Waals surface area contributed by atoms with Crippen molar-refractivity contribution < 1.29 is 9.53 Å². The largest absolute Gasteiger partial charge is 0.370 e. The molecule has 0 aliphatic carbocycles. The second-order valence-corrected chi connectivity index (χ2v) is 7.28. The van der Waals surface area contributed by atoms with Crippen molar-refractivity contribution in [2.75, 3.05) is 19.7 Å². The maximum atomic E-state index is 12.4. The summed E-state index contributed by atoms with van der Waals surface area (Å²) in [6.07, 6.45) is 1.37. The molecule has 2 aromatic rings. The molecule has 1 atom stereocenters. The first-order valence-corrected chi connectivity index (χ1v) is 9.07. The van der Waals surface area contributed by atoms with Crippen molar-refractivity contribution in [1.29, 1.82) is 0 Å². The predicted molar refractivity (Wildman–Crippen MR) is 92.1 cm³/mol. The highest BCUT2D eigenvalue weighted by molar-refractivity contribution is 9.10. The van der Waals surface area contributed by atoms with Crippen molar-refractivity contribution in [1.82, 2.24) is 4.90 Å². The number of amides is 1. The van der Waals surface area contributed by atoms with Crippen LogP contribution >= 0.6 is 27.3 Å². The third kappa shape index (κ3) is 3.97. The van der Waals surface area contributed by atoms with E-state index in [1.165, 1.54) is 4.88 Å². The summed E-state index contributed by atoms with van der Waals surface area (Å²) >= 11 is 5.19. The van der Waals surface area contributed by atoms with Gasteiger partial charge >= 0.3 is 0 Å². The SMILES string of the molecule is O=C(CCc1cccs1)N1CCOC(c2cccc(Br)c2)C1. The van der Waals surface area contributed by atoms with Gasteiger partial charge in [-0.2, -0.15) is 0 Å². The summed E-state index contributed by atoms with van der Waals surface area (Å²) in [4.78, 5) is 15.6. The quantitative estimate of drug-likeness (QED) is 0.801. The van der Waals surface area contributed by atoms with E-state index >= 15 is 0 Å². The molecule has 1 aliphatic heterocycles. The number of hydrogen-bond acceptors (Lipinski definition) is 3. The predicted octanol–water partition coefficient (Wildman–Crippen LogP) is 4.04. The highest BCUT2D eigenvalue weighted by atomic mass is 79.9. The molecule has 0 N–H and O–H groups in total. The Morgan fingerprint density at radius 2 is 2.27 bits per heavy atom. The molecule has 1 aromatic heterocycles. The van der Waals surface area contributed by atoms with Crippen LogP contribution in [0.15, 0.2) is 46.3 Å². The molecule has 1 unspecified atom stereocenters. The molecule has 1 amide bonds. The number of hydrogen-bond donors (Lipinski definition) is 0. The molecule has 1 aliphatic rings. The number of thiophene rings is 1. The lowest BCUT2D eigenvalue weighted by Crippen LogP contribution is -2.42. The zero-order valence-corrected chi connectivity index (χ0v) is 14.6. The molecule has 0 radical (unpaired) electrons. The molecule has 1 saturated heterocycles. The Morgan fingerprint density at radius 3 is 3.05 bits per heavy atom. The second-order valence-electron chi connectivity index (χ2n) is 5.33. The summed E-state index contributed by atoms with van der Waals surface area (Å²) in [5.74, 6) is 0.219. The van der Waals surface area contributed by atoms with E-state index in [1.807, 2.05) is 23.1 Å². The van der Waals surface area contributed by atoms with Gasteiger partial charge in [-0.05, 0) is 35.6 Å². The van der Waals surface area contributed by atoms with Crippen LogP contribution in [0.1, 0.15) is 23.0 Å². The van der Waals surface area contributed by atoms with Crippen LogP contribution in [0.5, 0.6) is 0 Å². The number of rotatable bonds is 4. The number of halogens is 1. The summed E-state index contributed by atoms with van der Waals surface area (Å²) < 4.78 is 6.87. The molecule has 116 valence electrons. The van der Waals surface area contributed by atoms with Gasteiger partial charge in [0.05, 0.1) is 13.2 Å². The Hall–Kier alpha value is -1.17. The maximum absolute atomic E-state index is 12.4. The van der Waals surface area contributed by atoms with Crippen LogP contribution in [0.4, 0.5) is 0 Å². The zero-order chi connectivity index (χ0) is 15.4. The van der Waals surface area contributed by atoms with Gasteiger partial charge < -0.3 is 9.64 Å². The van der Waals surface area contributed by atoms with Crippen LogP contribution in [0, 0.1) is 0 Å². The molecule has 0 saturated carbocycles. The first-order valence-electron chi connectivity index (χ1n) is 7.39. The van der Waals surface area contributed by atoms with Gasteiger partial charge in [-0.3, -0.25) is 4.79 Å². The van der Waals surface area contributed by atoms with Gasteiger partial charge in [-0.15, -0.1) is 11.3 Å². The van der Waals surface area contributed by atoms with E-state index in [0.29, 0.717) is 26.1 Å². The molecule has 0 bridgehead atoms. The van der Waals surface area contributed by atoms with Gasteiger partial charge in [0, 0.05) is 22.3 Å². The number of nitrogens with zero attached hydrogens (tertiary/aromatic N) is 1. The summed E-state index contributed by atoms with van der Waals surface area (Å²) in [5, 5.41) is 2.05. The average molecular weight is 380 g/mol. The third-order valence-electron chi connectivity index (χ3n) is 3.80. The van der Waals surface area contributed by atoms with Crippen molar-refractivity contribution in [2.24, 2.45) is 0 Å². The second kappa shape index (κ2) is 7.40. The lowest BCUT2D eigenvalue weighted by atomic mass is 10.1. The smallest absolute Gasteiger partial charge is 0.223 e. The molecule has 1 aromatic carbocycles. The lowest BCUT2D eigenvalue weighted by molar-refractivity contribution is -0.139. The number of morpholine rings is 1. The van der Waals surface area contributed by atoms with Crippen molar-refractivity contribution in [2.45, 2.75) is 18.9 Å².